The Morgan fingerprint density at radius 2 is 1.76 bits per heavy atom. The molecular weight excluding hydrogens is 536 g/mol. The number of nitrogens with one attached hydrogen (secondary N) is 1. The van der Waals surface area contributed by atoms with Crippen molar-refractivity contribution in [2.24, 2.45) is 0 Å². The predicted octanol–water partition coefficient (Wildman–Crippen LogP) is 5.43. The maximum atomic E-state index is 13.0. The summed E-state index contributed by atoms with van der Waals surface area (Å²) in [6.07, 6.45) is 0.598. The van der Waals surface area contributed by atoms with Gasteiger partial charge in [0.05, 0.1) is 11.6 Å². The van der Waals surface area contributed by atoms with Crippen molar-refractivity contribution < 1.29 is 23.8 Å². The molecule has 210 valence electrons. The van der Waals surface area contributed by atoms with Crippen molar-refractivity contribution in [1.29, 1.82) is 5.26 Å². The van der Waals surface area contributed by atoms with Gasteiger partial charge in [-0.25, -0.2) is 9.78 Å². The van der Waals surface area contributed by atoms with E-state index in [4.69, 9.17) is 14.2 Å². The van der Waals surface area contributed by atoms with Gasteiger partial charge in [-0.2, -0.15) is 15.2 Å². The normalized spacial score (nSPS) is 10.6. The van der Waals surface area contributed by atoms with Crippen LogP contribution in [-0.4, -0.2) is 50.8 Å². The molecule has 0 spiro atoms. The first-order valence-electron chi connectivity index (χ1n) is 13.0. The summed E-state index contributed by atoms with van der Waals surface area (Å²) in [5.41, 5.74) is 2.30. The van der Waals surface area contributed by atoms with Crippen LogP contribution < -0.4 is 9.47 Å². The van der Waals surface area contributed by atoms with Gasteiger partial charge in [0.2, 0.25) is 0 Å². The Labute approximate surface area is 241 Å². The lowest BCUT2D eigenvalue weighted by Gasteiger charge is -2.13. The molecule has 11 nitrogen and oxygen atoms in total. The zero-order chi connectivity index (χ0) is 29.6. The van der Waals surface area contributed by atoms with E-state index in [1.807, 2.05) is 43.3 Å². The second-order valence-corrected chi connectivity index (χ2v) is 9.36. The molecule has 0 radical (unpaired) electrons. The van der Waals surface area contributed by atoms with Gasteiger partial charge >= 0.3 is 12.0 Å². The highest BCUT2D eigenvalue weighted by Gasteiger charge is 2.21. The first kappa shape index (κ1) is 27.8. The summed E-state index contributed by atoms with van der Waals surface area (Å²) in [6, 6.07) is 22.2. The van der Waals surface area contributed by atoms with Crippen LogP contribution in [0.4, 0.5) is 0 Å². The van der Waals surface area contributed by atoms with Gasteiger partial charge in [0.1, 0.15) is 35.0 Å². The van der Waals surface area contributed by atoms with Crippen molar-refractivity contribution in [3.63, 3.8) is 0 Å². The van der Waals surface area contributed by atoms with E-state index in [0.29, 0.717) is 29.1 Å². The molecular formula is C31H26N6O5. The number of carbonyl (C=O) groups excluding carboxylic acids is 2. The van der Waals surface area contributed by atoms with E-state index in [0.717, 1.165) is 5.56 Å². The molecule has 0 unspecified atom stereocenters. The van der Waals surface area contributed by atoms with Crippen LogP contribution in [0.3, 0.4) is 0 Å². The fourth-order valence-electron chi connectivity index (χ4n) is 3.99. The van der Waals surface area contributed by atoms with E-state index >= 15 is 0 Å². The summed E-state index contributed by atoms with van der Waals surface area (Å²) in [7, 11) is 3.33. The van der Waals surface area contributed by atoms with Gasteiger partial charge in [0, 0.05) is 26.1 Å². The minimum absolute atomic E-state index is 0.0299. The highest BCUT2D eigenvalue weighted by atomic mass is 16.5. The molecule has 42 heavy (non-hydrogen) atoms. The number of hydrogen-bond acceptors (Lipinski definition) is 9. The standard InChI is InChI=1S/C31H26N6O5/c1-4-25-33-26-27(34-25)35-31(36-28(26)41-22-12-8-11-21(16-22)29(38)37(2)3)42-24-15-20(17-32)13-14-23(24)30(39)40-18-19-9-6-5-7-10-19/h5-16H,4,18H2,1-3H3,(H,33,34,35,36). The quantitative estimate of drug-likeness (QED) is 0.233. The highest BCUT2D eigenvalue weighted by Crippen LogP contribution is 2.32. The van der Waals surface area contributed by atoms with Gasteiger partial charge in [-0.3, -0.25) is 4.79 Å². The molecule has 11 heteroatoms. The molecule has 1 N–H and O–H groups in total. The molecule has 2 heterocycles. The lowest BCUT2D eigenvalue weighted by molar-refractivity contribution is 0.0469. The van der Waals surface area contributed by atoms with E-state index in [1.54, 1.807) is 38.4 Å². The molecule has 5 aromatic rings. The molecule has 0 fully saturated rings. The van der Waals surface area contributed by atoms with Crippen LogP contribution in [0.1, 0.15) is 44.6 Å². The summed E-state index contributed by atoms with van der Waals surface area (Å²) in [4.78, 5) is 43.5. The number of aromatic nitrogens is 4. The average molecular weight is 563 g/mol. The Balaban J connectivity index is 1.49. The molecule has 0 aliphatic rings. The molecule has 1 amide bonds. The molecule has 0 atom stereocenters. The number of rotatable bonds is 9. The van der Waals surface area contributed by atoms with Gasteiger partial charge in [0.25, 0.3) is 11.8 Å². The third-order valence-electron chi connectivity index (χ3n) is 6.13. The second kappa shape index (κ2) is 12.2. The SMILES string of the molecule is CCc1nc2nc(Oc3cc(C#N)ccc3C(=O)OCc3ccccc3)nc(Oc3cccc(C(=O)N(C)C)c3)c2[nH]1. The molecule has 0 aliphatic heterocycles. The minimum Gasteiger partial charge on any atom is -0.457 e. The number of carbonyl (C=O) groups is 2. The molecule has 0 aliphatic carbocycles. The van der Waals surface area contributed by atoms with Crippen LogP contribution >= 0.6 is 0 Å². The van der Waals surface area contributed by atoms with E-state index in [9.17, 15) is 14.9 Å². The van der Waals surface area contributed by atoms with Gasteiger partial charge in [-0.15, -0.1) is 0 Å². The van der Waals surface area contributed by atoms with Gasteiger partial charge < -0.3 is 24.1 Å². The Kier molecular flexibility index (Phi) is 8.06. The van der Waals surface area contributed by atoms with Crippen LogP contribution in [0.5, 0.6) is 23.4 Å². The Morgan fingerprint density at radius 3 is 2.50 bits per heavy atom. The van der Waals surface area contributed by atoms with Gasteiger partial charge in [-0.05, 0) is 42.0 Å². The number of H-pyrrole nitrogens is 1. The van der Waals surface area contributed by atoms with E-state index in [2.05, 4.69) is 19.9 Å². The first-order valence-corrected chi connectivity index (χ1v) is 13.0. The monoisotopic (exact) mass is 562 g/mol. The number of aryl methyl sites for hydroxylation is 1. The minimum atomic E-state index is -0.647. The van der Waals surface area contributed by atoms with Crippen LogP contribution in [0.2, 0.25) is 0 Å². The number of benzene rings is 3. The topological polar surface area (TPSA) is 143 Å². The predicted molar refractivity (Wildman–Crippen MR) is 152 cm³/mol. The van der Waals surface area contributed by atoms with E-state index in [-0.39, 0.29) is 46.9 Å². The summed E-state index contributed by atoms with van der Waals surface area (Å²) < 4.78 is 17.6. The van der Waals surface area contributed by atoms with Crippen LogP contribution in [0.25, 0.3) is 11.2 Å². The highest BCUT2D eigenvalue weighted by molar-refractivity contribution is 5.94. The number of nitriles is 1. The van der Waals surface area contributed by atoms with Crippen molar-refractivity contribution >= 4 is 23.0 Å². The van der Waals surface area contributed by atoms with Crippen LogP contribution in [0.15, 0.2) is 72.8 Å². The van der Waals surface area contributed by atoms with Crippen LogP contribution in [-0.2, 0) is 17.8 Å². The zero-order valence-corrected chi connectivity index (χ0v) is 23.1. The zero-order valence-electron chi connectivity index (χ0n) is 23.1. The maximum Gasteiger partial charge on any atom is 0.342 e. The molecule has 5 rings (SSSR count). The van der Waals surface area contributed by atoms with Crippen molar-refractivity contribution in [1.82, 2.24) is 24.8 Å². The molecule has 0 bridgehead atoms. The van der Waals surface area contributed by atoms with E-state index < -0.39 is 5.97 Å². The maximum absolute atomic E-state index is 13.0. The van der Waals surface area contributed by atoms with Crippen molar-refractivity contribution in [2.75, 3.05) is 14.1 Å². The first-order chi connectivity index (χ1) is 20.3. The Bertz CT molecular complexity index is 1810. The number of hydrogen-bond donors (Lipinski definition) is 1. The fourth-order valence-corrected chi connectivity index (χ4v) is 3.99. The largest absolute Gasteiger partial charge is 0.457 e. The van der Waals surface area contributed by atoms with Gasteiger partial charge in [0.15, 0.2) is 5.65 Å². The number of aromatic amines is 1. The third-order valence-corrected chi connectivity index (χ3v) is 6.13. The average Bonchev–Trinajstić information content (AvgIpc) is 3.44. The van der Waals surface area contributed by atoms with E-state index in [1.165, 1.54) is 23.1 Å². The second-order valence-electron chi connectivity index (χ2n) is 9.36. The number of ether oxygens (including phenoxy) is 3. The molecule has 2 aromatic heterocycles. The molecule has 0 saturated carbocycles. The third kappa shape index (κ3) is 6.18. The summed E-state index contributed by atoms with van der Waals surface area (Å²) in [5, 5.41) is 9.47. The number of nitrogens with zero attached hydrogens (tertiary/aromatic N) is 5. The summed E-state index contributed by atoms with van der Waals surface area (Å²) >= 11 is 0. The molecule has 0 saturated heterocycles. The fraction of sp³-hybridized carbons (Fsp3) is 0.161. The lowest BCUT2D eigenvalue weighted by atomic mass is 10.1. The number of amides is 1. The van der Waals surface area contributed by atoms with Gasteiger partial charge in [-0.1, -0.05) is 43.3 Å². The van der Waals surface area contributed by atoms with Crippen molar-refractivity contribution in [3.8, 4) is 29.5 Å². The lowest BCUT2D eigenvalue weighted by Crippen LogP contribution is -2.21. The van der Waals surface area contributed by atoms with Crippen molar-refractivity contribution in [3.05, 3.63) is 101 Å². The number of fused-ring (bicyclic) bond motifs is 1. The number of imidazole rings is 1. The van der Waals surface area contributed by atoms with Crippen molar-refractivity contribution in [2.45, 2.75) is 20.0 Å². The Hall–Kier alpha value is -5.76. The van der Waals surface area contributed by atoms with Crippen LogP contribution in [0, 0.1) is 11.3 Å². The Morgan fingerprint density at radius 1 is 0.952 bits per heavy atom. The summed E-state index contributed by atoms with van der Waals surface area (Å²) in [5.74, 6) is 0.304. The number of esters is 1. The smallest absolute Gasteiger partial charge is 0.342 e. The summed E-state index contributed by atoms with van der Waals surface area (Å²) in [6.45, 7) is 1.99. The molecule has 3 aromatic carbocycles.